The second kappa shape index (κ2) is 9.51. The first-order valence-corrected chi connectivity index (χ1v) is 9.99. The van der Waals surface area contributed by atoms with Gasteiger partial charge in [0.05, 0.1) is 0 Å². The molecule has 27 heavy (non-hydrogen) atoms. The molecule has 0 spiro atoms. The largest absolute Gasteiger partial charge is 0.366 e. The van der Waals surface area contributed by atoms with Gasteiger partial charge in [0.15, 0.2) is 0 Å². The fourth-order valence-electron chi connectivity index (χ4n) is 3.71. The van der Waals surface area contributed by atoms with Crippen LogP contribution in [0, 0.1) is 0 Å². The summed E-state index contributed by atoms with van der Waals surface area (Å²) < 4.78 is 0. The van der Waals surface area contributed by atoms with Gasteiger partial charge >= 0.3 is 0 Å². The van der Waals surface area contributed by atoms with Gasteiger partial charge in [-0.25, -0.2) is 4.98 Å². The fraction of sp³-hybridized carbons (Fsp3) is 0.455. The molecule has 0 radical (unpaired) electrons. The Morgan fingerprint density at radius 1 is 1.11 bits per heavy atom. The van der Waals surface area contributed by atoms with Gasteiger partial charge < -0.3 is 16.0 Å². The Morgan fingerprint density at radius 3 is 2.67 bits per heavy atom. The summed E-state index contributed by atoms with van der Waals surface area (Å²) in [7, 11) is 2.03. The molecule has 1 aromatic heterocycles. The number of nitrogens with zero attached hydrogens (tertiary/aromatic N) is 1. The average Bonchev–Trinajstić information content (AvgIpc) is 2.72. The van der Waals surface area contributed by atoms with Crippen molar-refractivity contribution in [1.29, 1.82) is 0 Å². The van der Waals surface area contributed by atoms with Gasteiger partial charge in [-0.05, 0) is 61.7 Å². The zero-order chi connectivity index (χ0) is 19.1. The van der Waals surface area contributed by atoms with Crippen molar-refractivity contribution in [2.75, 3.05) is 18.9 Å². The van der Waals surface area contributed by atoms with E-state index in [1.54, 1.807) is 0 Å². The lowest BCUT2D eigenvalue weighted by Crippen LogP contribution is -2.44. The first-order valence-electron chi connectivity index (χ1n) is 9.99. The highest BCUT2D eigenvalue weighted by molar-refractivity contribution is 5.95. The van der Waals surface area contributed by atoms with Crippen LogP contribution in [-0.4, -0.2) is 36.6 Å². The van der Waals surface area contributed by atoms with Crippen LogP contribution in [0.1, 0.15) is 49.4 Å². The number of pyridine rings is 1. The number of likely N-dealkylation sites (N-methyl/N-ethyl adjacent to an activating group) is 1. The van der Waals surface area contributed by atoms with Crippen molar-refractivity contribution in [1.82, 2.24) is 15.6 Å². The van der Waals surface area contributed by atoms with Crippen molar-refractivity contribution in [2.24, 2.45) is 0 Å². The Balaban J connectivity index is 1.76. The molecule has 0 bridgehead atoms. The Labute approximate surface area is 162 Å². The number of carbonyl (C=O) groups is 1. The van der Waals surface area contributed by atoms with Gasteiger partial charge in [0.1, 0.15) is 5.82 Å². The maximum atomic E-state index is 12.2. The normalized spacial score (nSPS) is 19.5. The van der Waals surface area contributed by atoms with Crippen molar-refractivity contribution in [2.45, 2.75) is 51.1 Å². The molecular weight excluding hydrogens is 336 g/mol. The van der Waals surface area contributed by atoms with Gasteiger partial charge in [-0.1, -0.05) is 31.9 Å². The Morgan fingerprint density at radius 2 is 1.89 bits per heavy atom. The summed E-state index contributed by atoms with van der Waals surface area (Å²) >= 11 is 0. The quantitative estimate of drug-likeness (QED) is 0.697. The fourth-order valence-corrected chi connectivity index (χ4v) is 3.71. The summed E-state index contributed by atoms with van der Waals surface area (Å²) in [5.41, 5.74) is 2.78. The molecule has 3 rings (SSSR count). The molecular formula is C22H30N4O. The van der Waals surface area contributed by atoms with E-state index in [2.05, 4.69) is 27.0 Å². The first-order chi connectivity index (χ1) is 13.2. The van der Waals surface area contributed by atoms with Crippen molar-refractivity contribution in [3.05, 3.63) is 48.2 Å². The van der Waals surface area contributed by atoms with E-state index in [1.807, 2.05) is 50.5 Å². The molecule has 5 heteroatoms. The lowest BCUT2D eigenvalue weighted by molar-refractivity contribution is 0.0953. The Bertz CT molecular complexity index is 761. The van der Waals surface area contributed by atoms with Crippen molar-refractivity contribution in [3.63, 3.8) is 0 Å². The SMILES string of the molecule is CCCNC(=O)c1cccc(-c2ccnc(N[C@@H]3CCCC[C@H]3NC)c2)c1. The third kappa shape index (κ3) is 5.07. The number of anilines is 1. The van der Waals surface area contributed by atoms with E-state index < -0.39 is 0 Å². The van der Waals surface area contributed by atoms with Crippen LogP contribution in [-0.2, 0) is 0 Å². The number of rotatable bonds is 7. The predicted octanol–water partition coefficient (Wildman–Crippen LogP) is 3.83. The monoisotopic (exact) mass is 366 g/mol. The molecule has 1 fully saturated rings. The third-order valence-corrected chi connectivity index (χ3v) is 5.22. The van der Waals surface area contributed by atoms with Crippen molar-refractivity contribution >= 4 is 11.7 Å². The maximum Gasteiger partial charge on any atom is 0.251 e. The van der Waals surface area contributed by atoms with Crippen LogP contribution >= 0.6 is 0 Å². The molecule has 1 aromatic carbocycles. The molecule has 5 nitrogen and oxygen atoms in total. The van der Waals surface area contributed by atoms with Gasteiger partial charge in [-0.2, -0.15) is 0 Å². The standard InChI is InChI=1S/C22H30N4O/c1-3-12-25-22(27)18-8-6-7-16(14-18)17-11-13-24-21(15-17)26-20-10-5-4-9-19(20)23-2/h6-8,11,13-15,19-20,23H,3-5,9-10,12H2,1-2H3,(H,24,26)(H,25,27)/t19-,20-/m1/s1. The molecule has 1 aliphatic carbocycles. The number of hydrogen-bond acceptors (Lipinski definition) is 4. The third-order valence-electron chi connectivity index (χ3n) is 5.22. The number of amides is 1. The zero-order valence-corrected chi connectivity index (χ0v) is 16.3. The summed E-state index contributed by atoms with van der Waals surface area (Å²) in [6.07, 6.45) is 7.65. The van der Waals surface area contributed by atoms with Crippen molar-refractivity contribution < 1.29 is 4.79 Å². The molecule has 0 saturated heterocycles. The minimum absolute atomic E-state index is 0.0230. The van der Waals surface area contributed by atoms with Crippen LogP contribution in [0.3, 0.4) is 0 Å². The Hall–Kier alpha value is -2.40. The summed E-state index contributed by atoms with van der Waals surface area (Å²) in [5, 5.41) is 9.96. The Kier molecular flexibility index (Phi) is 6.82. The van der Waals surface area contributed by atoms with Crippen LogP contribution in [0.25, 0.3) is 11.1 Å². The highest BCUT2D eigenvalue weighted by Gasteiger charge is 2.23. The van der Waals surface area contributed by atoms with E-state index in [0.717, 1.165) is 29.8 Å². The van der Waals surface area contributed by atoms with Crippen LogP contribution < -0.4 is 16.0 Å². The van der Waals surface area contributed by atoms with E-state index in [4.69, 9.17) is 0 Å². The van der Waals surface area contributed by atoms with Crippen LogP contribution in [0.4, 0.5) is 5.82 Å². The average molecular weight is 367 g/mol. The van der Waals surface area contributed by atoms with Crippen LogP contribution in [0.5, 0.6) is 0 Å². The molecule has 1 amide bonds. The molecule has 1 saturated carbocycles. The van der Waals surface area contributed by atoms with E-state index in [9.17, 15) is 4.79 Å². The summed E-state index contributed by atoms with van der Waals surface area (Å²) in [6.45, 7) is 2.74. The van der Waals surface area contributed by atoms with Gasteiger partial charge in [-0.3, -0.25) is 4.79 Å². The molecule has 1 heterocycles. The lowest BCUT2D eigenvalue weighted by Gasteiger charge is -2.32. The second-order valence-corrected chi connectivity index (χ2v) is 7.20. The van der Waals surface area contributed by atoms with E-state index in [-0.39, 0.29) is 5.91 Å². The molecule has 0 aliphatic heterocycles. The van der Waals surface area contributed by atoms with E-state index in [1.165, 1.54) is 19.3 Å². The number of benzene rings is 1. The van der Waals surface area contributed by atoms with Gasteiger partial charge in [-0.15, -0.1) is 0 Å². The van der Waals surface area contributed by atoms with Crippen LogP contribution in [0.15, 0.2) is 42.6 Å². The first kappa shape index (κ1) is 19.4. The highest BCUT2D eigenvalue weighted by Crippen LogP contribution is 2.25. The maximum absolute atomic E-state index is 12.2. The van der Waals surface area contributed by atoms with Gasteiger partial charge in [0.25, 0.3) is 5.91 Å². The smallest absolute Gasteiger partial charge is 0.251 e. The van der Waals surface area contributed by atoms with E-state index >= 15 is 0 Å². The summed E-state index contributed by atoms with van der Waals surface area (Å²) in [5.74, 6) is 0.866. The second-order valence-electron chi connectivity index (χ2n) is 7.20. The van der Waals surface area contributed by atoms with E-state index in [0.29, 0.717) is 24.2 Å². The minimum atomic E-state index is -0.0230. The summed E-state index contributed by atoms with van der Waals surface area (Å²) in [4.78, 5) is 16.8. The van der Waals surface area contributed by atoms with Crippen LogP contribution in [0.2, 0.25) is 0 Å². The van der Waals surface area contributed by atoms with Gasteiger partial charge in [0, 0.05) is 30.4 Å². The molecule has 144 valence electrons. The number of nitrogens with one attached hydrogen (secondary N) is 3. The molecule has 1 aliphatic rings. The molecule has 3 N–H and O–H groups in total. The molecule has 2 aromatic rings. The minimum Gasteiger partial charge on any atom is -0.366 e. The molecule has 0 unspecified atom stereocenters. The van der Waals surface area contributed by atoms with Gasteiger partial charge in [0.2, 0.25) is 0 Å². The number of carbonyl (C=O) groups excluding carboxylic acids is 1. The topological polar surface area (TPSA) is 66.0 Å². The summed E-state index contributed by atoms with van der Waals surface area (Å²) in [6, 6.07) is 12.7. The lowest BCUT2D eigenvalue weighted by atomic mass is 9.90. The number of hydrogen-bond donors (Lipinski definition) is 3. The molecule has 2 atom stereocenters. The zero-order valence-electron chi connectivity index (χ0n) is 16.3. The number of aromatic nitrogens is 1. The highest BCUT2D eigenvalue weighted by atomic mass is 16.1. The predicted molar refractivity (Wildman–Crippen MR) is 111 cm³/mol. The van der Waals surface area contributed by atoms with Crippen molar-refractivity contribution in [3.8, 4) is 11.1 Å².